The second kappa shape index (κ2) is 14.8. The first-order valence-corrected chi connectivity index (χ1v) is 20.8. The maximum Gasteiger partial charge on any atom is 0.164 e. The number of fused-ring (bicyclic) bond motifs is 4. The molecule has 4 atom stereocenters. The fourth-order valence-electron chi connectivity index (χ4n) is 10.5. The summed E-state index contributed by atoms with van der Waals surface area (Å²) in [5.74, 6) is 4.11. The summed E-state index contributed by atoms with van der Waals surface area (Å²) in [6.45, 7) is 4.92. The topological polar surface area (TPSA) is 86.2 Å². The molecule has 2 fully saturated rings. The lowest BCUT2D eigenvalue weighted by molar-refractivity contribution is 0.0899. The maximum atomic E-state index is 9.98. The lowest BCUT2D eigenvalue weighted by atomic mass is 9.57. The van der Waals surface area contributed by atoms with Gasteiger partial charge in [0, 0.05) is 22.1 Å². The summed E-state index contributed by atoms with van der Waals surface area (Å²) >= 11 is 0. The molecule has 7 aromatic carbocycles. The first kappa shape index (κ1) is 36.4. The van der Waals surface area contributed by atoms with E-state index in [-0.39, 0.29) is 5.41 Å². The first-order chi connectivity index (χ1) is 28.8. The second-order valence-corrected chi connectivity index (χ2v) is 17.2. The smallest absolute Gasteiger partial charge is 0.164 e. The van der Waals surface area contributed by atoms with Gasteiger partial charge in [-0.3, -0.25) is 0 Å². The van der Waals surface area contributed by atoms with Crippen molar-refractivity contribution in [3.05, 3.63) is 162 Å². The van der Waals surface area contributed by atoms with E-state index in [2.05, 4.69) is 98.8 Å². The minimum absolute atomic E-state index is 0.186. The molecule has 59 heavy (non-hydrogen) atoms. The van der Waals surface area contributed by atoms with Crippen LogP contribution in [0.15, 0.2) is 146 Å². The molecule has 5 nitrogen and oxygen atoms in total. The molecule has 0 aliphatic heterocycles. The van der Waals surface area contributed by atoms with Crippen LogP contribution in [-0.2, 0) is 5.41 Å². The van der Waals surface area contributed by atoms with Gasteiger partial charge in [-0.1, -0.05) is 117 Å². The Hall–Kier alpha value is -6.95. The molecule has 1 heterocycles. The Balaban J connectivity index is 1.15. The molecule has 1 aromatic heterocycles. The van der Waals surface area contributed by atoms with Crippen molar-refractivity contribution in [2.45, 2.75) is 51.4 Å². The fourth-order valence-corrected chi connectivity index (χ4v) is 10.5. The molecule has 2 saturated carbocycles. The van der Waals surface area contributed by atoms with Crippen molar-refractivity contribution >= 4 is 21.5 Å². The van der Waals surface area contributed by atoms with Crippen molar-refractivity contribution in [2.75, 3.05) is 0 Å². The Morgan fingerprint density at radius 1 is 0.508 bits per heavy atom. The number of nitriles is 2. The molecule has 0 spiro atoms. The number of rotatable bonds is 6. The van der Waals surface area contributed by atoms with Crippen LogP contribution in [0.1, 0.15) is 62.6 Å². The molecule has 0 amide bonds. The molecule has 0 saturated heterocycles. The minimum Gasteiger partial charge on any atom is -0.208 e. The van der Waals surface area contributed by atoms with Gasteiger partial charge in [-0.15, -0.1) is 0 Å². The van der Waals surface area contributed by atoms with Crippen LogP contribution in [0.2, 0.25) is 0 Å². The largest absolute Gasteiger partial charge is 0.208 e. The summed E-state index contributed by atoms with van der Waals surface area (Å²) < 4.78 is 0. The van der Waals surface area contributed by atoms with E-state index in [4.69, 9.17) is 15.0 Å². The number of hydrogen-bond acceptors (Lipinski definition) is 5. The quantitative estimate of drug-likeness (QED) is 0.168. The predicted molar refractivity (Wildman–Crippen MR) is 238 cm³/mol. The van der Waals surface area contributed by atoms with Crippen molar-refractivity contribution in [3.8, 4) is 68.6 Å². The summed E-state index contributed by atoms with van der Waals surface area (Å²) in [6, 6.07) is 54.5. The molecule has 2 aliphatic rings. The lowest BCUT2D eigenvalue weighted by Gasteiger charge is -2.47. The molecule has 10 rings (SSSR count). The average Bonchev–Trinajstić information content (AvgIpc) is 3.27. The molecule has 2 unspecified atom stereocenters. The van der Waals surface area contributed by atoms with Crippen molar-refractivity contribution in [3.63, 3.8) is 0 Å². The van der Waals surface area contributed by atoms with Gasteiger partial charge in [-0.05, 0) is 142 Å². The second-order valence-electron chi connectivity index (χ2n) is 17.2. The highest BCUT2D eigenvalue weighted by molar-refractivity contribution is 5.99. The van der Waals surface area contributed by atoms with E-state index < -0.39 is 0 Å². The number of aromatic nitrogens is 3. The molecular weight excluding hydrogens is 719 g/mol. The van der Waals surface area contributed by atoms with Crippen LogP contribution in [0.4, 0.5) is 0 Å². The van der Waals surface area contributed by atoms with Crippen LogP contribution in [-0.4, -0.2) is 15.0 Å². The zero-order valence-corrected chi connectivity index (χ0v) is 33.4. The molecule has 5 heteroatoms. The highest BCUT2D eigenvalue weighted by Gasteiger charge is 2.41. The van der Waals surface area contributed by atoms with E-state index in [0.29, 0.717) is 28.6 Å². The third kappa shape index (κ3) is 6.84. The Bertz CT molecular complexity index is 2980. The van der Waals surface area contributed by atoms with Crippen LogP contribution < -0.4 is 0 Å². The van der Waals surface area contributed by atoms with Crippen LogP contribution in [0, 0.1) is 40.4 Å². The third-order valence-electron chi connectivity index (χ3n) is 13.0. The average molecular weight is 762 g/mol. The van der Waals surface area contributed by atoms with Crippen LogP contribution >= 0.6 is 0 Å². The van der Waals surface area contributed by atoms with Crippen molar-refractivity contribution in [1.29, 1.82) is 10.5 Å². The molecular formula is C54H43N5. The third-order valence-corrected chi connectivity index (χ3v) is 13.0. The zero-order valence-electron chi connectivity index (χ0n) is 33.4. The van der Waals surface area contributed by atoms with E-state index >= 15 is 0 Å². The van der Waals surface area contributed by atoms with E-state index in [1.54, 1.807) is 0 Å². The van der Waals surface area contributed by atoms with E-state index in [0.717, 1.165) is 78.2 Å². The van der Waals surface area contributed by atoms with Gasteiger partial charge in [0.1, 0.15) is 0 Å². The van der Waals surface area contributed by atoms with Gasteiger partial charge >= 0.3 is 0 Å². The lowest BCUT2D eigenvalue weighted by Crippen LogP contribution is -2.38. The molecule has 284 valence electrons. The van der Waals surface area contributed by atoms with Gasteiger partial charge in [0.25, 0.3) is 0 Å². The van der Waals surface area contributed by atoms with Crippen molar-refractivity contribution in [2.24, 2.45) is 17.8 Å². The Morgan fingerprint density at radius 3 is 1.85 bits per heavy atom. The molecule has 2 aliphatic carbocycles. The van der Waals surface area contributed by atoms with Crippen molar-refractivity contribution in [1.82, 2.24) is 15.0 Å². The molecule has 0 radical (unpaired) electrons. The summed E-state index contributed by atoms with van der Waals surface area (Å²) in [5, 5.41) is 23.7. The standard InChI is InChI=1S/C54H43N5/c1-34-23-36-25-37(24-34)31-54(2,30-36)45-20-17-38(18-21-45)42-27-43(40-12-7-9-35(26-40)32-55)29-44(28-42)51-57-52(49-16-8-11-39-10-3-4-13-46(39)49)59-53(58-51)50-22-19-41(33-56)47-14-5-6-15-48(47)50/h3-22,26-29,34,36-37H,23-25,30-31H2,1-2H3/t34?,36-,37+,54?. The van der Waals surface area contributed by atoms with Crippen molar-refractivity contribution < 1.29 is 0 Å². The highest BCUT2D eigenvalue weighted by Crippen LogP contribution is 2.51. The first-order valence-electron chi connectivity index (χ1n) is 20.8. The number of benzene rings is 7. The van der Waals surface area contributed by atoms with Gasteiger partial charge in [0.15, 0.2) is 17.5 Å². The van der Waals surface area contributed by atoms with E-state index in [1.165, 1.54) is 37.7 Å². The summed E-state index contributed by atoms with van der Waals surface area (Å²) in [7, 11) is 0. The summed E-state index contributed by atoms with van der Waals surface area (Å²) in [4.78, 5) is 15.7. The van der Waals surface area contributed by atoms with E-state index in [9.17, 15) is 10.5 Å². The van der Waals surface area contributed by atoms with Gasteiger partial charge in [0.05, 0.1) is 23.3 Å². The fraction of sp³-hybridized carbons (Fsp3) is 0.204. The minimum atomic E-state index is 0.186. The van der Waals surface area contributed by atoms with E-state index in [1.807, 2.05) is 72.8 Å². The molecule has 2 bridgehead atoms. The zero-order chi connectivity index (χ0) is 40.1. The predicted octanol–water partition coefficient (Wildman–Crippen LogP) is 13.4. The Morgan fingerprint density at radius 2 is 1.12 bits per heavy atom. The van der Waals surface area contributed by atoms with Gasteiger partial charge in [-0.2, -0.15) is 10.5 Å². The Kier molecular flexibility index (Phi) is 9.11. The van der Waals surface area contributed by atoms with Crippen LogP contribution in [0.5, 0.6) is 0 Å². The van der Waals surface area contributed by atoms with Crippen LogP contribution in [0.3, 0.4) is 0 Å². The molecule has 8 aromatic rings. The normalized spacial score (nSPS) is 19.9. The summed E-state index contributed by atoms with van der Waals surface area (Å²) in [6.07, 6.45) is 6.63. The van der Waals surface area contributed by atoms with Gasteiger partial charge < -0.3 is 0 Å². The van der Waals surface area contributed by atoms with Crippen LogP contribution in [0.25, 0.3) is 78.0 Å². The highest BCUT2D eigenvalue weighted by atomic mass is 15.0. The number of nitrogens with zero attached hydrogens (tertiary/aromatic N) is 5. The maximum absolute atomic E-state index is 9.98. The monoisotopic (exact) mass is 761 g/mol. The summed E-state index contributed by atoms with van der Waals surface area (Å²) in [5.41, 5.74) is 9.48. The van der Waals surface area contributed by atoms with Gasteiger partial charge in [0.2, 0.25) is 0 Å². The number of hydrogen-bond donors (Lipinski definition) is 0. The Labute approximate surface area is 345 Å². The van der Waals surface area contributed by atoms with Gasteiger partial charge in [-0.25, -0.2) is 15.0 Å². The molecule has 0 N–H and O–H groups in total. The SMILES string of the molecule is CC1C[C@@H]2C[C@H](C1)CC(C)(c1ccc(-c3cc(-c4cccc(C#N)c4)cc(-c4nc(-c5cccc6ccccc56)nc(-c5ccc(C#N)c6ccccc56)n4)c3)cc1)C2.